The van der Waals surface area contributed by atoms with Gasteiger partial charge in [0.1, 0.15) is 6.10 Å². The van der Waals surface area contributed by atoms with Crippen LogP contribution in [0.3, 0.4) is 0 Å². The minimum atomic E-state index is -3.65. The van der Waals surface area contributed by atoms with Crippen molar-refractivity contribution in [3.63, 3.8) is 0 Å². The summed E-state index contributed by atoms with van der Waals surface area (Å²) in [7, 11) is -4.30. The monoisotopic (exact) mass is 776 g/mol. The van der Waals surface area contributed by atoms with Gasteiger partial charge in [0.05, 0.1) is 54.7 Å². The number of benzene rings is 1. The van der Waals surface area contributed by atoms with Gasteiger partial charge in [0.25, 0.3) is 0 Å². The Labute approximate surface area is 310 Å². The molecule has 296 valence electrons. The number of aliphatic hydroxyl groups excluding tert-OH is 2. The van der Waals surface area contributed by atoms with E-state index in [1.165, 1.54) is 21.3 Å². The second-order valence-electron chi connectivity index (χ2n) is 17.2. The van der Waals surface area contributed by atoms with Crippen molar-refractivity contribution >= 4 is 32.4 Å². The van der Waals surface area contributed by atoms with Gasteiger partial charge in [-0.05, 0) is 54.8 Å². The van der Waals surface area contributed by atoms with Crippen LogP contribution in [0.5, 0.6) is 0 Å². The molecule has 0 bridgehead atoms. The zero-order valence-corrected chi connectivity index (χ0v) is 36.6. The van der Waals surface area contributed by atoms with E-state index in [-0.39, 0.29) is 45.9 Å². The van der Waals surface area contributed by atoms with E-state index in [0.29, 0.717) is 0 Å². The molecule has 1 aromatic rings. The summed E-state index contributed by atoms with van der Waals surface area (Å²) >= 11 is 0. The highest BCUT2D eigenvalue weighted by Gasteiger charge is 2.59. The third kappa shape index (κ3) is 10.9. The molecule has 1 saturated heterocycles. The maximum Gasteiger partial charge on any atom is 0.308 e. The van der Waals surface area contributed by atoms with Gasteiger partial charge < -0.3 is 38.0 Å². The number of methoxy groups -OCH3 is 3. The van der Waals surface area contributed by atoms with E-state index in [2.05, 4.69) is 67.7 Å². The number of carbonyl (C=O) groups is 1. The maximum atomic E-state index is 13.4. The second kappa shape index (κ2) is 17.5. The molecule has 0 spiro atoms. The van der Waals surface area contributed by atoms with E-state index in [9.17, 15) is 23.4 Å². The largest absolute Gasteiger partial charge is 0.469 e. The van der Waals surface area contributed by atoms with E-state index in [0.717, 1.165) is 0 Å². The fourth-order valence-electron chi connectivity index (χ4n) is 6.17. The third-order valence-corrected chi connectivity index (χ3v) is 22.5. The van der Waals surface area contributed by atoms with Gasteiger partial charge in [0, 0.05) is 32.5 Å². The molecule has 14 heteroatoms. The Morgan fingerprint density at radius 2 is 1.47 bits per heavy atom. The molecule has 0 aromatic heterocycles. The molecule has 1 aromatic carbocycles. The van der Waals surface area contributed by atoms with Crippen LogP contribution in [0.1, 0.15) is 74.7 Å². The van der Waals surface area contributed by atoms with Gasteiger partial charge >= 0.3 is 5.97 Å². The molecular weight excluding hydrogens is 709 g/mol. The fraction of sp³-hybridized carbons (Fsp3) is 0.811. The van der Waals surface area contributed by atoms with E-state index in [1.807, 2.05) is 13.8 Å². The first-order chi connectivity index (χ1) is 23.2. The lowest BCUT2D eigenvalue weighted by Crippen LogP contribution is -2.68. The number of hydrogen-bond donors (Lipinski definition) is 2. The number of rotatable bonds is 17. The number of ether oxygens (including phenoxy) is 4. The van der Waals surface area contributed by atoms with Crippen LogP contribution in [0.4, 0.5) is 0 Å². The molecule has 0 unspecified atom stereocenters. The van der Waals surface area contributed by atoms with Crippen LogP contribution in [0, 0.1) is 11.8 Å². The van der Waals surface area contributed by atoms with Crippen LogP contribution in [-0.2, 0) is 42.4 Å². The number of aliphatic hydroxyl groups is 2. The summed E-state index contributed by atoms with van der Waals surface area (Å²) in [5.74, 6) is -3.31. The van der Waals surface area contributed by atoms with E-state index >= 15 is 0 Å². The van der Waals surface area contributed by atoms with Crippen LogP contribution < -0.4 is 0 Å². The van der Waals surface area contributed by atoms with Crippen LogP contribution >= 0.6 is 0 Å². The summed E-state index contributed by atoms with van der Waals surface area (Å²) in [6.45, 7) is 25.0. The summed E-state index contributed by atoms with van der Waals surface area (Å²) in [6.07, 6.45) is -5.96. The summed E-state index contributed by atoms with van der Waals surface area (Å²) in [4.78, 5) is 12.8. The molecule has 9 atom stereocenters. The Morgan fingerprint density at radius 1 is 0.922 bits per heavy atom. The molecule has 1 aliphatic rings. The highest BCUT2D eigenvalue weighted by molar-refractivity contribution is 7.91. The standard InChI is InChI=1S/C37H68O11SSi2/c1-25-30(24-32(39)44-10)46-37(45-11,26(2)33(25)48-51(14,15)36(6,7)8)34(40)28(38)23-31(43-9)29(47-50(12,13)35(3,4)5)21-22-49(41,42)27-19-17-16-18-20-27/h16-20,25-26,28-31,33-34,38,40H,21-24H2,1-15H3/t25-,26+,28-,29-,30+,31-,33-,34+,37+/m0/s1. The van der Waals surface area contributed by atoms with Gasteiger partial charge in [-0.2, -0.15) is 0 Å². The van der Waals surface area contributed by atoms with Crippen molar-refractivity contribution in [3.05, 3.63) is 30.3 Å². The molecule has 0 amide bonds. The van der Waals surface area contributed by atoms with E-state index in [1.54, 1.807) is 30.3 Å². The number of hydrogen-bond acceptors (Lipinski definition) is 11. The molecule has 51 heavy (non-hydrogen) atoms. The summed E-state index contributed by atoms with van der Waals surface area (Å²) < 4.78 is 64.0. The van der Waals surface area contributed by atoms with Crippen LogP contribution in [0.15, 0.2) is 35.2 Å². The molecule has 0 saturated carbocycles. The van der Waals surface area contributed by atoms with E-state index in [4.69, 9.17) is 27.8 Å². The quantitative estimate of drug-likeness (QED) is 0.135. The third-order valence-electron chi connectivity index (χ3n) is 11.7. The number of carbonyl (C=O) groups excluding carboxylic acids is 1. The van der Waals surface area contributed by atoms with Crippen molar-refractivity contribution in [1.82, 2.24) is 0 Å². The van der Waals surface area contributed by atoms with Crippen LogP contribution in [0.25, 0.3) is 0 Å². The van der Waals surface area contributed by atoms with Crippen molar-refractivity contribution in [2.75, 3.05) is 27.1 Å². The number of sulfone groups is 1. The fourth-order valence-corrected chi connectivity index (χ4v) is 10.4. The first-order valence-electron chi connectivity index (χ1n) is 18.0. The smallest absolute Gasteiger partial charge is 0.308 e. The van der Waals surface area contributed by atoms with Crippen molar-refractivity contribution in [2.24, 2.45) is 11.8 Å². The molecule has 0 radical (unpaired) electrons. The van der Waals surface area contributed by atoms with Gasteiger partial charge in [0.2, 0.25) is 5.79 Å². The minimum absolute atomic E-state index is 0.102. The Balaban J connectivity index is 2.53. The average molecular weight is 777 g/mol. The first-order valence-corrected chi connectivity index (χ1v) is 25.5. The molecule has 0 aliphatic carbocycles. The summed E-state index contributed by atoms with van der Waals surface area (Å²) in [6, 6.07) is 8.27. The van der Waals surface area contributed by atoms with Gasteiger partial charge in [-0.3, -0.25) is 4.79 Å². The lowest BCUT2D eigenvalue weighted by atomic mass is 9.76. The van der Waals surface area contributed by atoms with E-state index < -0.39 is 80.8 Å². The highest BCUT2D eigenvalue weighted by atomic mass is 32.2. The highest BCUT2D eigenvalue weighted by Crippen LogP contribution is 2.48. The Hall–Kier alpha value is -1.21. The van der Waals surface area contributed by atoms with Gasteiger partial charge in [-0.1, -0.05) is 73.6 Å². The molecular formula is C37H68O11SSi2. The molecule has 2 rings (SSSR count). The van der Waals surface area contributed by atoms with Gasteiger partial charge in [-0.25, -0.2) is 8.42 Å². The van der Waals surface area contributed by atoms with Crippen molar-refractivity contribution < 1.29 is 51.2 Å². The minimum Gasteiger partial charge on any atom is -0.469 e. The SMILES string of the molecule is COC(=O)C[C@H]1O[C@@](OC)([C@H](O)[C@@H](O)C[C@H](OC)[C@H](CCS(=O)(=O)c2ccccc2)O[Si](C)(C)C(C)(C)C)[C@H](C)[C@@H](O[Si](C)(C)C(C)(C)C)[C@H]1C. The van der Waals surface area contributed by atoms with Crippen molar-refractivity contribution in [2.45, 2.75) is 158 Å². The predicted octanol–water partition coefficient (Wildman–Crippen LogP) is 6.33. The molecule has 11 nitrogen and oxygen atoms in total. The molecule has 1 aliphatic heterocycles. The average Bonchev–Trinajstić information content (AvgIpc) is 3.04. The summed E-state index contributed by atoms with van der Waals surface area (Å²) in [5, 5.41) is 23.6. The van der Waals surface area contributed by atoms with Gasteiger partial charge in [0.15, 0.2) is 26.5 Å². The van der Waals surface area contributed by atoms with Crippen LogP contribution in [0.2, 0.25) is 36.3 Å². The maximum absolute atomic E-state index is 13.4. The second-order valence-corrected chi connectivity index (χ2v) is 28.8. The van der Waals surface area contributed by atoms with Crippen molar-refractivity contribution in [1.29, 1.82) is 0 Å². The van der Waals surface area contributed by atoms with Crippen molar-refractivity contribution in [3.8, 4) is 0 Å². The normalized spacial score (nSPS) is 26.3. The first kappa shape index (κ1) is 45.9. The predicted molar refractivity (Wildman–Crippen MR) is 204 cm³/mol. The Bertz CT molecular complexity index is 1360. The molecule has 1 fully saturated rings. The van der Waals surface area contributed by atoms with Gasteiger partial charge in [-0.15, -0.1) is 0 Å². The Kier molecular flexibility index (Phi) is 15.8. The Morgan fingerprint density at radius 3 is 1.94 bits per heavy atom. The zero-order chi connectivity index (χ0) is 39.4. The lowest BCUT2D eigenvalue weighted by molar-refractivity contribution is -0.367. The number of esters is 1. The zero-order valence-electron chi connectivity index (χ0n) is 33.8. The lowest BCUT2D eigenvalue weighted by Gasteiger charge is -2.55. The topological polar surface area (TPSA) is 147 Å². The summed E-state index contributed by atoms with van der Waals surface area (Å²) in [5.41, 5.74) is 0. The van der Waals surface area contributed by atoms with Crippen LogP contribution in [-0.4, -0.2) is 111 Å². The molecule has 2 N–H and O–H groups in total. The molecule has 1 heterocycles.